The summed E-state index contributed by atoms with van der Waals surface area (Å²) in [5.41, 5.74) is 3.40. The Balaban J connectivity index is 1.69. The van der Waals surface area contributed by atoms with Gasteiger partial charge in [0, 0.05) is 57.8 Å². The van der Waals surface area contributed by atoms with Crippen molar-refractivity contribution in [1.29, 1.82) is 0 Å². The van der Waals surface area contributed by atoms with E-state index in [0.29, 0.717) is 29.0 Å². The summed E-state index contributed by atoms with van der Waals surface area (Å²) in [5, 5.41) is 3.78. The van der Waals surface area contributed by atoms with Crippen LogP contribution in [0.4, 0.5) is 5.69 Å². The molecule has 1 amide bonds. The number of hydrogen-bond donors (Lipinski definition) is 1. The maximum Gasteiger partial charge on any atom is 0.251 e. The van der Waals surface area contributed by atoms with E-state index in [1.807, 2.05) is 43.3 Å². The highest BCUT2D eigenvalue weighted by atomic mass is 35.5. The van der Waals surface area contributed by atoms with E-state index in [1.165, 1.54) is 0 Å². The number of amides is 1. The molecule has 2 aromatic carbocycles. The number of rotatable bonds is 8. The molecule has 0 aromatic heterocycles. The summed E-state index contributed by atoms with van der Waals surface area (Å²) in [6.07, 6.45) is 0. The molecule has 1 aliphatic heterocycles. The summed E-state index contributed by atoms with van der Waals surface area (Å²) in [6.45, 7) is 14.5. The number of carbonyl (C=O) groups is 1. The van der Waals surface area contributed by atoms with Crippen LogP contribution < -0.4 is 5.32 Å². The Kier molecular flexibility index (Phi) is 8.20. The summed E-state index contributed by atoms with van der Waals surface area (Å²) < 4.78 is 0. The smallest absolute Gasteiger partial charge is 0.251 e. The van der Waals surface area contributed by atoms with E-state index in [0.717, 1.165) is 46.4 Å². The first-order chi connectivity index (χ1) is 14.7. The van der Waals surface area contributed by atoms with Crippen molar-refractivity contribution in [3.63, 3.8) is 0 Å². The molecule has 0 unspecified atom stereocenters. The van der Waals surface area contributed by atoms with Crippen molar-refractivity contribution in [2.24, 2.45) is 16.8 Å². The van der Waals surface area contributed by atoms with Gasteiger partial charge in [-0.3, -0.25) is 9.79 Å². The van der Waals surface area contributed by atoms with Gasteiger partial charge in [0.2, 0.25) is 0 Å². The average Bonchev–Trinajstić information content (AvgIpc) is 2.82. The third-order valence-electron chi connectivity index (χ3n) is 5.02. The van der Waals surface area contributed by atoms with Crippen molar-refractivity contribution in [3.8, 4) is 0 Å². The quantitative estimate of drug-likeness (QED) is 0.506. The topological polar surface area (TPSA) is 44.7 Å². The van der Waals surface area contributed by atoms with E-state index in [9.17, 15) is 4.79 Å². The van der Waals surface area contributed by atoms with Crippen molar-refractivity contribution in [1.82, 2.24) is 10.2 Å². The number of halogens is 1. The summed E-state index contributed by atoms with van der Waals surface area (Å²) in [4.78, 5) is 22.2. The van der Waals surface area contributed by atoms with E-state index in [2.05, 4.69) is 37.9 Å². The molecule has 166 valence electrons. The molecule has 4 nitrogen and oxygen atoms in total. The van der Waals surface area contributed by atoms with Gasteiger partial charge >= 0.3 is 0 Å². The number of carbonyl (C=O) groups excluding carboxylic acids is 1. The molecule has 3 rings (SSSR count). The van der Waals surface area contributed by atoms with Crippen molar-refractivity contribution in [3.05, 3.63) is 52.5 Å². The first-order valence-corrected chi connectivity index (χ1v) is 12.1. The average molecular weight is 458 g/mol. The molecule has 1 N–H and O–H groups in total. The number of hydrogen-bond acceptors (Lipinski definition) is 4. The second kappa shape index (κ2) is 10.7. The molecule has 0 aliphatic carbocycles. The maximum atomic E-state index is 12.8. The molecule has 0 radical (unpaired) electrons. The van der Waals surface area contributed by atoms with Crippen molar-refractivity contribution < 1.29 is 4.79 Å². The SMILES string of the molecule is CC1=Nc2cc(C(=O)NCCN(CC(C)C)CC(C)C)ccc2Sc2ccc(Cl)cc21. The van der Waals surface area contributed by atoms with Crippen LogP contribution in [0.15, 0.2) is 51.2 Å². The Hall–Kier alpha value is -1.82. The standard InChI is InChI=1S/C25H32ClN3OS/c1-16(2)14-29(15-17(3)4)11-10-27-25(30)19-6-8-24-22(12-19)28-18(5)21-13-20(26)7-9-23(21)31-24/h6-9,12-13,16-17H,10-11,14-15H2,1-5H3,(H,27,30). The van der Waals surface area contributed by atoms with Gasteiger partial charge in [-0.2, -0.15) is 0 Å². The van der Waals surface area contributed by atoms with Crippen molar-refractivity contribution in [2.45, 2.75) is 44.4 Å². The Bertz CT molecular complexity index is 961. The predicted molar refractivity (Wildman–Crippen MR) is 132 cm³/mol. The molecule has 0 spiro atoms. The maximum absolute atomic E-state index is 12.8. The van der Waals surface area contributed by atoms with Gasteiger partial charge in [0.15, 0.2) is 0 Å². The van der Waals surface area contributed by atoms with Crippen LogP contribution in [0.2, 0.25) is 5.02 Å². The summed E-state index contributed by atoms with van der Waals surface area (Å²) in [5.74, 6) is 1.16. The fraction of sp³-hybridized carbons (Fsp3) is 0.440. The molecule has 0 saturated heterocycles. The van der Waals surface area contributed by atoms with Gasteiger partial charge in [-0.25, -0.2) is 0 Å². The van der Waals surface area contributed by atoms with Crippen LogP contribution in [0.1, 0.15) is 50.5 Å². The van der Waals surface area contributed by atoms with Gasteiger partial charge in [-0.05, 0) is 55.2 Å². The zero-order valence-electron chi connectivity index (χ0n) is 19.0. The molecule has 0 saturated carbocycles. The minimum Gasteiger partial charge on any atom is -0.351 e. The second-order valence-corrected chi connectivity index (χ2v) is 10.4. The van der Waals surface area contributed by atoms with Gasteiger partial charge in [-0.15, -0.1) is 0 Å². The first kappa shape index (κ1) is 23.8. The lowest BCUT2D eigenvalue weighted by molar-refractivity contribution is 0.0946. The van der Waals surface area contributed by atoms with E-state index in [-0.39, 0.29) is 5.91 Å². The van der Waals surface area contributed by atoms with Crippen LogP contribution in [-0.4, -0.2) is 42.7 Å². The lowest BCUT2D eigenvalue weighted by atomic mass is 10.1. The third-order valence-corrected chi connectivity index (χ3v) is 6.40. The molecule has 2 aromatic rings. The Morgan fingerprint density at radius 3 is 2.42 bits per heavy atom. The highest BCUT2D eigenvalue weighted by Gasteiger charge is 2.17. The molecule has 0 bridgehead atoms. The highest BCUT2D eigenvalue weighted by Crippen LogP contribution is 2.41. The molecule has 31 heavy (non-hydrogen) atoms. The van der Waals surface area contributed by atoms with E-state index >= 15 is 0 Å². The second-order valence-electron chi connectivity index (χ2n) is 8.93. The lowest BCUT2D eigenvalue weighted by Gasteiger charge is -2.26. The van der Waals surface area contributed by atoms with Gasteiger partial charge in [0.05, 0.1) is 5.69 Å². The van der Waals surface area contributed by atoms with Gasteiger partial charge < -0.3 is 10.2 Å². The van der Waals surface area contributed by atoms with Crippen LogP contribution in [0.3, 0.4) is 0 Å². The first-order valence-electron chi connectivity index (χ1n) is 10.9. The lowest BCUT2D eigenvalue weighted by Crippen LogP contribution is -2.38. The fourth-order valence-corrected chi connectivity index (χ4v) is 4.99. The summed E-state index contributed by atoms with van der Waals surface area (Å²) in [7, 11) is 0. The number of aliphatic imine (C=N–C) groups is 1. The van der Waals surface area contributed by atoms with Gasteiger partial charge in [0.1, 0.15) is 0 Å². The summed E-state index contributed by atoms with van der Waals surface area (Å²) >= 11 is 7.84. The minimum atomic E-state index is -0.0560. The monoisotopic (exact) mass is 457 g/mol. The van der Waals surface area contributed by atoms with Gasteiger partial charge in [0.25, 0.3) is 5.91 Å². The zero-order chi connectivity index (χ0) is 22.5. The largest absolute Gasteiger partial charge is 0.351 e. The van der Waals surface area contributed by atoms with Crippen LogP contribution in [0.25, 0.3) is 0 Å². The van der Waals surface area contributed by atoms with Crippen LogP contribution >= 0.6 is 23.4 Å². The van der Waals surface area contributed by atoms with Crippen LogP contribution in [0.5, 0.6) is 0 Å². The third kappa shape index (κ3) is 6.58. The fourth-order valence-electron chi connectivity index (χ4n) is 3.79. The van der Waals surface area contributed by atoms with Gasteiger partial charge in [-0.1, -0.05) is 51.1 Å². The molecular formula is C25H32ClN3OS. The molecule has 6 heteroatoms. The summed E-state index contributed by atoms with van der Waals surface area (Å²) in [6, 6.07) is 11.6. The van der Waals surface area contributed by atoms with Crippen molar-refractivity contribution >= 4 is 40.7 Å². The number of benzene rings is 2. The minimum absolute atomic E-state index is 0.0560. The number of fused-ring (bicyclic) bond motifs is 2. The number of nitrogens with zero attached hydrogens (tertiary/aromatic N) is 2. The normalized spacial score (nSPS) is 13.1. The van der Waals surface area contributed by atoms with Crippen molar-refractivity contribution in [2.75, 3.05) is 26.2 Å². The predicted octanol–water partition coefficient (Wildman–Crippen LogP) is 6.29. The molecule has 0 fully saturated rings. The van der Waals surface area contributed by atoms with Crippen LogP contribution in [-0.2, 0) is 0 Å². The van der Waals surface area contributed by atoms with E-state index in [1.54, 1.807) is 11.8 Å². The van der Waals surface area contributed by atoms with Crippen LogP contribution in [0, 0.1) is 11.8 Å². The number of nitrogens with one attached hydrogen (secondary N) is 1. The highest BCUT2D eigenvalue weighted by molar-refractivity contribution is 7.99. The Morgan fingerprint density at radius 2 is 1.74 bits per heavy atom. The molecule has 1 heterocycles. The zero-order valence-corrected chi connectivity index (χ0v) is 20.6. The molecule has 1 aliphatic rings. The molecular weight excluding hydrogens is 426 g/mol. The Labute approximate surface area is 195 Å². The molecule has 0 atom stereocenters. The van der Waals surface area contributed by atoms with E-state index in [4.69, 9.17) is 16.6 Å². The Morgan fingerprint density at radius 1 is 1.06 bits per heavy atom. The van der Waals surface area contributed by atoms with E-state index < -0.39 is 0 Å².